The monoisotopic (exact) mass is 393 g/mol. The molecule has 3 aromatic rings. The number of aromatic nitrogens is 2. The third-order valence-corrected chi connectivity index (χ3v) is 5.37. The van der Waals surface area contributed by atoms with Crippen molar-refractivity contribution in [3.05, 3.63) is 72.3 Å². The van der Waals surface area contributed by atoms with Gasteiger partial charge in [-0.05, 0) is 44.0 Å². The van der Waals surface area contributed by atoms with Gasteiger partial charge < -0.3 is 14.2 Å². The number of hydrogen-bond acceptors (Lipinski definition) is 3. The van der Waals surface area contributed by atoms with Crippen molar-refractivity contribution < 1.29 is 13.9 Å². The molecule has 1 aliphatic rings. The molecule has 6 heteroatoms. The van der Waals surface area contributed by atoms with E-state index in [1.54, 1.807) is 0 Å². The smallest absolute Gasteiger partial charge is 0.260 e. The van der Waals surface area contributed by atoms with Gasteiger partial charge in [-0.15, -0.1) is 0 Å². The second-order valence-corrected chi connectivity index (χ2v) is 7.31. The lowest BCUT2D eigenvalue weighted by Gasteiger charge is -2.34. The number of benzene rings is 2. The Bertz CT molecular complexity index is 962. The number of imidazole rings is 1. The number of nitrogens with zero attached hydrogens (tertiary/aromatic N) is 3. The Labute approximate surface area is 169 Å². The molecular formula is C23H24FN3O2. The molecule has 1 aromatic heterocycles. The normalized spacial score (nSPS) is 14.8. The van der Waals surface area contributed by atoms with Crippen LogP contribution in [0, 0.1) is 12.7 Å². The molecule has 0 N–H and O–H groups in total. The highest BCUT2D eigenvalue weighted by Crippen LogP contribution is 2.30. The summed E-state index contributed by atoms with van der Waals surface area (Å²) in [6.07, 6.45) is 3.66. The Kier molecular flexibility index (Phi) is 5.60. The molecule has 5 nitrogen and oxygen atoms in total. The molecule has 2 aromatic carbocycles. The first-order chi connectivity index (χ1) is 14.1. The maximum Gasteiger partial charge on any atom is 0.260 e. The van der Waals surface area contributed by atoms with Crippen molar-refractivity contribution in [3.63, 3.8) is 0 Å². The number of likely N-dealkylation sites (tertiary alicyclic amines) is 1. The lowest BCUT2D eigenvalue weighted by molar-refractivity contribution is -0.134. The summed E-state index contributed by atoms with van der Waals surface area (Å²) in [4.78, 5) is 19.0. The molecule has 1 amide bonds. The summed E-state index contributed by atoms with van der Waals surface area (Å²) in [5.41, 5.74) is 2.24. The molecule has 0 atom stereocenters. The van der Waals surface area contributed by atoms with E-state index in [0.717, 1.165) is 29.9 Å². The van der Waals surface area contributed by atoms with Crippen LogP contribution < -0.4 is 4.74 Å². The van der Waals surface area contributed by atoms with Crippen molar-refractivity contribution >= 4 is 5.91 Å². The van der Waals surface area contributed by atoms with Gasteiger partial charge in [0.15, 0.2) is 6.61 Å². The highest BCUT2D eigenvalue weighted by atomic mass is 19.1. The molecule has 1 fully saturated rings. The number of aryl methyl sites for hydroxylation is 1. The predicted molar refractivity (Wildman–Crippen MR) is 109 cm³/mol. The topological polar surface area (TPSA) is 47.4 Å². The van der Waals surface area contributed by atoms with Crippen LogP contribution in [0.15, 0.2) is 60.8 Å². The molecule has 4 rings (SSSR count). The molecule has 0 spiro atoms. The van der Waals surface area contributed by atoms with Crippen molar-refractivity contribution in [2.75, 3.05) is 19.7 Å². The van der Waals surface area contributed by atoms with Crippen LogP contribution in [0.5, 0.6) is 5.75 Å². The van der Waals surface area contributed by atoms with Gasteiger partial charge in [-0.1, -0.05) is 30.3 Å². The van der Waals surface area contributed by atoms with E-state index in [0.29, 0.717) is 24.9 Å². The molecule has 1 saturated heterocycles. The molecule has 0 bridgehead atoms. The van der Waals surface area contributed by atoms with Gasteiger partial charge in [-0.2, -0.15) is 0 Å². The molecule has 1 aliphatic heterocycles. The van der Waals surface area contributed by atoms with Gasteiger partial charge in [0, 0.05) is 36.6 Å². The highest BCUT2D eigenvalue weighted by Gasteiger charge is 2.26. The molecule has 0 aliphatic carbocycles. The van der Waals surface area contributed by atoms with Gasteiger partial charge in [0.2, 0.25) is 0 Å². The minimum absolute atomic E-state index is 0.0321. The third kappa shape index (κ3) is 4.31. The van der Waals surface area contributed by atoms with Gasteiger partial charge in [-0.3, -0.25) is 4.79 Å². The van der Waals surface area contributed by atoms with E-state index in [4.69, 9.17) is 4.74 Å². The van der Waals surface area contributed by atoms with Crippen LogP contribution in [0.4, 0.5) is 4.39 Å². The first-order valence-electron chi connectivity index (χ1n) is 9.87. The fourth-order valence-electron chi connectivity index (χ4n) is 3.85. The molecule has 29 heavy (non-hydrogen) atoms. The average Bonchev–Trinajstić information content (AvgIpc) is 3.15. The molecular weight excluding hydrogens is 369 g/mol. The number of carbonyl (C=O) groups is 1. The summed E-state index contributed by atoms with van der Waals surface area (Å²) in [6, 6.07) is 16.2. The van der Waals surface area contributed by atoms with Crippen molar-refractivity contribution in [1.29, 1.82) is 0 Å². The number of piperidine rings is 1. The first kappa shape index (κ1) is 19.2. The minimum Gasteiger partial charge on any atom is -0.484 e. The standard InChI is InChI=1S/C23H24FN3O2/c1-17-15-25-23(18-5-3-2-4-6-18)27(17)20-11-13-26(14-12-20)22(28)16-29-21-9-7-19(24)8-10-21/h2-10,15,20H,11-14,16H2,1H3. The Morgan fingerprint density at radius 1 is 1.10 bits per heavy atom. The van der Waals surface area contributed by atoms with Gasteiger partial charge in [0.05, 0.1) is 0 Å². The number of ether oxygens (including phenoxy) is 1. The van der Waals surface area contributed by atoms with Crippen LogP contribution in [0.1, 0.15) is 24.6 Å². The van der Waals surface area contributed by atoms with Gasteiger partial charge in [-0.25, -0.2) is 9.37 Å². The predicted octanol–water partition coefficient (Wildman–Crippen LogP) is 4.24. The number of rotatable bonds is 5. The Morgan fingerprint density at radius 3 is 2.48 bits per heavy atom. The Morgan fingerprint density at radius 2 is 1.79 bits per heavy atom. The molecule has 2 heterocycles. The zero-order valence-corrected chi connectivity index (χ0v) is 16.4. The first-order valence-corrected chi connectivity index (χ1v) is 9.87. The summed E-state index contributed by atoms with van der Waals surface area (Å²) >= 11 is 0. The number of halogens is 1. The Hall–Kier alpha value is -3.15. The van der Waals surface area contributed by atoms with Gasteiger partial charge in [0.1, 0.15) is 17.4 Å². The van der Waals surface area contributed by atoms with Gasteiger partial charge >= 0.3 is 0 Å². The minimum atomic E-state index is -0.324. The highest BCUT2D eigenvalue weighted by molar-refractivity contribution is 5.77. The zero-order chi connectivity index (χ0) is 20.2. The van der Waals surface area contributed by atoms with E-state index < -0.39 is 0 Å². The molecule has 150 valence electrons. The average molecular weight is 393 g/mol. The molecule has 0 unspecified atom stereocenters. The third-order valence-electron chi connectivity index (χ3n) is 5.37. The van der Waals surface area contributed by atoms with Crippen LogP contribution >= 0.6 is 0 Å². The Balaban J connectivity index is 1.37. The fourth-order valence-corrected chi connectivity index (χ4v) is 3.85. The largest absolute Gasteiger partial charge is 0.484 e. The fraction of sp³-hybridized carbons (Fsp3) is 0.304. The number of hydrogen-bond donors (Lipinski definition) is 0. The maximum absolute atomic E-state index is 13.0. The summed E-state index contributed by atoms with van der Waals surface area (Å²) in [7, 11) is 0. The number of amides is 1. The van der Waals surface area contributed by atoms with Crippen LogP contribution in [-0.4, -0.2) is 40.1 Å². The summed E-state index contributed by atoms with van der Waals surface area (Å²) in [6.45, 7) is 3.41. The van der Waals surface area contributed by atoms with Crippen molar-refractivity contribution in [1.82, 2.24) is 14.5 Å². The van der Waals surface area contributed by atoms with E-state index in [-0.39, 0.29) is 18.3 Å². The SMILES string of the molecule is Cc1cnc(-c2ccccc2)n1C1CCN(C(=O)COc2ccc(F)cc2)CC1. The van der Waals surface area contributed by atoms with E-state index in [1.165, 1.54) is 24.3 Å². The second kappa shape index (κ2) is 8.47. The lowest BCUT2D eigenvalue weighted by Crippen LogP contribution is -2.41. The summed E-state index contributed by atoms with van der Waals surface area (Å²) < 4.78 is 20.8. The van der Waals surface area contributed by atoms with E-state index >= 15 is 0 Å². The van der Waals surface area contributed by atoms with Crippen LogP contribution in [-0.2, 0) is 4.79 Å². The maximum atomic E-state index is 13.0. The van der Waals surface area contributed by atoms with E-state index in [9.17, 15) is 9.18 Å². The number of carbonyl (C=O) groups excluding carboxylic acids is 1. The second-order valence-electron chi connectivity index (χ2n) is 7.31. The summed E-state index contributed by atoms with van der Waals surface area (Å²) in [5.74, 6) is 1.11. The van der Waals surface area contributed by atoms with Gasteiger partial charge in [0.25, 0.3) is 5.91 Å². The van der Waals surface area contributed by atoms with Crippen molar-refractivity contribution in [2.24, 2.45) is 0 Å². The molecule has 0 saturated carbocycles. The van der Waals surface area contributed by atoms with Crippen LogP contribution in [0.3, 0.4) is 0 Å². The van der Waals surface area contributed by atoms with Crippen molar-refractivity contribution in [3.8, 4) is 17.1 Å². The zero-order valence-electron chi connectivity index (χ0n) is 16.4. The molecule has 0 radical (unpaired) electrons. The van der Waals surface area contributed by atoms with E-state index in [1.807, 2.05) is 29.3 Å². The van der Waals surface area contributed by atoms with Crippen molar-refractivity contribution in [2.45, 2.75) is 25.8 Å². The lowest BCUT2D eigenvalue weighted by atomic mass is 10.0. The van der Waals surface area contributed by atoms with E-state index in [2.05, 4.69) is 28.6 Å². The quantitative estimate of drug-likeness (QED) is 0.651. The van der Waals surface area contributed by atoms with Crippen LogP contribution in [0.25, 0.3) is 11.4 Å². The summed E-state index contributed by atoms with van der Waals surface area (Å²) in [5, 5.41) is 0. The van der Waals surface area contributed by atoms with Crippen LogP contribution in [0.2, 0.25) is 0 Å².